The molecule has 2 aromatic carbocycles. The van der Waals surface area contributed by atoms with Gasteiger partial charge in [0.05, 0.1) is 16.8 Å². The number of nitrogen functional groups attached to an aromatic ring is 1. The van der Waals surface area contributed by atoms with E-state index < -0.39 is 11.7 Å². The minimum absolute atomic E-state index is 0.107. The number of hydrogen-bond donors (Lipinski definition) is 2. The standard InChI is InChI=1S/C14H11ClFN3O/c15-11-5-3-6-12(16)10(11)8-18-19-14(20)9-4-1-2-7-13(9)17/h1-8H,17H2,(H,19,20). The highest BCUT2D eigenvalue weighted by Crippen LogP contribution is 2.16. The van der Waals surface area contributed by atoms with Crippen LogP contribution < -0.4 is 11.2 Å². The maximum absolute atomic E-state index is 13.5. The van der Waals surface area contributed by atoms with Gasteiger partial charge in [-0.1, -0.05) is 29.8 Å². The third-order valence-electron chi connectivity index (χ3n) is 2.56. The number of nitrogens with one attached hydrogen (secondary N) is 1. The SMILES string of the molecule is Nc1ccccc1C(=O)NN=Cc1c(F)cccc1Cl. The van der Waals surface area contributed by atoms with Crippen LogP contribution in [-0.4, -0.2) is 12.1 Å². The molecule has 0 bridgehead atoms. The molecule has 0 unspecified atom stereocenters. The van der Waals surface area contributed by atoms with Gasteiger partial charge in [-0.15, -0.1) is 0 Å². The smallest absolute Gasteiger partial charge is 0.273 e. The Morgan fingerprint density at radius 3 is 2.70 bits per heavy atom. The summed E-state index contributed by atoms with van der Waals surface area (Å²) in [7, 11) is 0. The van der Waals surface area contributed by atoms with E-state index in [0.717, 1.165) is 6.21 Å². The molecule has 102 valence electrons. The van der Waals surface area contributed by atoms with E-state index in [9.17, 15) is 9.18 Å². The molecule has 0 atom stereocenters. The van der Waals surface area contributed by atoms with Gasteiger partial charge in [-0.3, -0.25) is 4.79 Å². The quantitative estimate of drug-likeness (QED) is 0.519. The molecule has 0 heterocycles. The van der Waals surface area contributed by atoms with E-state index in [-0.39, 0.29) is 10.6 Å². The summed E-state index contributed by atoms with van der Waals surface area (Å²) in [5, 5.41) is 3.89. The highest BCUT2D eigenvalue weighted by atomic mass is 35.5. The average molecular weight is 292 g/mol. The summed E-state index contributed by atoms with van der Waals surface area (Å²) in [6.45, 7) is 0. The Morgan fingerprint density at radius 2 is 2.00 bits per heavy atom. The lowest BCUT2D eigenvalue weighted by Gasteiger charge is -2.03. The molecule has 0 aliphatic heterocycles. The van der Waals surface area contributed by atoms with Gasteiger partial charge in [0.15, 0.2) is 0 Å². The van der Waals surface area contributed by atoms with E-state index in [2.05, 4.69) is 10.5 Å². The van der Waals surface area contributed by atoms with E-state index in [1.54, 1.807) is 24.3 Å². The first-order valence-corrected chi connectivity index (χ1v) is 6.09. The van der Waals surface area contributed by atoms with Gasteiger partial charge in [0.25, 0.3) is 5.91 Å². The van der Waals surface area contributed by atoms with Crippen LogP contribution in [0.25, 0.3) is 0 Å². The van der Waals surface area contributed by atoms with E-state index in [1.807, 2.05) is 0 Å². The molecule has 0 aromatic heterocycles. The van der Waals surface area contributed by atoms with Crippen LogP contribution in [0.1, 0.15) is 15.9 Å². The van der Waals surface area contributed by atoms with Crippen LogP contribution in [0.5, 0.6) is 0 Å². The zero-order chi connectivity index (χ0) is 14.5. The summed E-state index contributed by atoms with van der Waals surface area (Å²) in [6.07, 6.45) is 1.15. The molecule has 0 spiro atoms. The molecule has 2 aromatic rings. The molecule has 4 nitrogen and oxygen atoms in total. The Bertz CT molecular complexity index is 653. The average Bonchev–Trinajstić information content (AvgIpc) is 2.42. The second-order valence-electron chi connectivity index (χ2n) is 3.92. The predicted octanol–water partition coefficient (Wildman–Crippen LogP) is 2.83. The lowest BCUT2D eigenvalue weighted by atomic mass is 10.2. The molecule has 0 aliphatic carbocycles. The molecule has 1 amide bonds. The Hall–Kier alpha value is -2.40. The van der Waals surface area contributed by atoms with Crippen molar-refractivity contribution in [3.05, 3.63) is 64.4 Å². The second-order valence-corrected chi connectivity index (χ2v) is 4.33. The molecule has 6 heteroatoms. The molecular weight excluding hydrogens is 281 g/mol. The topological polar surface area (TPSA) is 67.5 Å². The third-order valence-corrected chi connectivity index (χ3v) is 2.89. The summed E-state index contributed by atoms with van der Waals surface area (Å²) >= 11 is 5.82. The van der Waals surface area contributed by atoms with E-state index in [4.69, 9.17) is 17.3 Å². The van der Waals surface area contributed by atoms with Crippen molar-refractivity contribution in [1.82, 2.24) is 5.43 Å². The number of carbonyl (C=O) groups excluding carboxylic acids is 1. The van der Waals surface area contributed by atoms with Crippen molar-refractivity contribution in [3.63, 3.8) is 0 Å². The summed E-state index contributed by atoms with van der Waals surface area (Å²) in [5.41, 5.74) is 8.67. The number of nitrogens with two attached hydrogens (primary N) is 1. The Balaban J connectivity index is 2.11. The van der Waals surface area contributed by atoms with Crippen molar-refractivity contribution in [2.45, 2.75) is 0 Å². The van der Waals surface area contributed by atoms with Gasteiger partial charge >= 0.3 is 0 Å². The van der Waals surface area contributed by atoms with Crippen LogP contribution in [0, 0.1) is 5.82 Å². The molecule has 0 saturated heterocycles. The fourth-order valence-corrected chi connectivity index (χ4v) is 1.77. The summed E-state index contributed by atoms with van der Waals surface area (Å²) in [4.78, 5) is 11.8. The van der Waals surface area contributed by atoms with Crippen molar-refractivity contribution < 1.29 is 9.18 Å². The van der Waals surface area contributed by atoms with Crippen LogP contribution in [0.2, 0.25) is 5.02 Å². The monoisotopic (exact) mass is 291 g/mol. The van der Waals surface area contributed by atoms with Gasteiger partial charge in [-0.25, -0.2) is 9.82 Å². The van der Waals surface area contributed by atoms with Gasteiger partial charge in [0.2, 0.25) is 0 Å². The van der Waals surface area contributed by atoms with Gasteiger partial charge in [0, 0.05) is 11.3 Å². The molecule has 20 heavy (non-hydrogen) atoms. The number of rotatable bonds is 3. The first-order valence-electron chi connectivity index (χ1n) is 5.71. The van der Waals surface area contributed by atoms with Crippen molar-refractivity contribution in [3.8, 4) is 0 Å². The predicted molar refractivity (Wildman–Crippen MR) is 77.3 cm³/mol. The van der Waals surface area contributed by atoms with Crippen molar-refractivity contribution in [1.29, 1.82) is 0 Å². The molecule has 2 rings (SSSR count). The molecule has 3 N–H and O–H groups in total. The lowest BCUT2D eigenvalue weighted by molar-refractivity contribution is 0.0956. The zero-order valence-electron chi connectivity index (χ0n) is 10.3. The van der Waals surface area contributed by atoms with Crippen molar-refractivity contribution in [2.24, 2.45) is 5.10 Å². The molecule has 0 radical (unpaired) electrons. The summed E-state index contributed by atoms with van der Waals surface area (Å²) < 4.78 is 13.5. The summed E-state index contributed by atoms with van der Waals surface area (Å²) in [5.74, 6) is -0.999. The van der Waals surface area contributed by atoms with Crippen molar-refractivity contribution in [2.75, 3.05) is 5.73 Å². The van der Waals surface area contributed by atoms with Crippen LogP contribution in [0.3, 0.4) is 0 Å². The van der Waals surface area contributed by atoms with Gasteiger partial charge in [-0.2, -0.15) is 5.10 Å². The van der Waals surface area contributed by atoms with Crippen LogP contribution in [0.4, 0.5) is 10.1 Å². The molecule has 0 fully saturated rings. The number of halogens is 2. The normalized spacial score (nSPS) is 10.7. The Labute approximate surface area is 120 Å². The first kappa shape index (κ1) is 14.0. The van der Waals surface area contributed by atoms with Crippen molar-refractivity contribution >= 4 is 29.4 Å². The molecule has 0 aliphatic rings. The summed E-state index contributed by atoms with van der Waals surface area (Å²) in [6, 6.07) is 10.8. The van der Waals surface area contributed by atoms with Gasteiger partial charge in [0.1, 0.15) is 5.82 Å². The van der Waals surface area contributed by atoms with Crippen LogP contribution in [-0.2, 0) is 0 Å². The number of amides is 1. The number of para-hydroxylation sites is 1. The highest BCUT2D eigenvalue weighted by Gasteiger charge is 2.08. The van der Waals surface area contributed by atoms with E-state index in [0.29, 0.717) is 11.3 Å². The minimum atomic E-state index is -0.519. The minimum Gasteiger partial charge on any atom is -0.398 e. The fourth-order valence-electron chi connectivity index (χ4n) is 1.55. The second kappa shape index (κ2) is 6.16. The maximum Gasteiger partial charge on any atom is 0.273 e. The molecular formula is C14H11ClFN3O. The van der Waals surface area contributed by atoms with Crippen LogP contribution >= 0.6 is 11.6 Å². The zero-order valence-corrected chi connectivity index (χ0v) is 11.1. The Morgan fingerprint density at radius 1 is 1.25 bits per heavy atom. The number of carbonyl (C=O) groups is 1. The van der Waals surface area contributed by atoms with Gasteiger partial charge in [-0.05, 0) is 24.3 Å². The highest BCUT2D eigenvalue weighted by molar-refractivity contribution is 6.33. The van der Waals surface area contributed by atoms with E-state index in [1.165, 1.54) is 18.2 Å². The Kier molecular flexibility index (Phi) is 4.32. The number of benzene rings is 2. The number of hydrogen-bond acceptors (Lipinski definition) is 3. The van der Waals surface area contributed by atoms with Crippen LogP contribution in [0.15, 0.2) is 47.6 Å². The fraction of sp³-hybridized carbons (Fsp3) is 0. The third kappa shape index (κ3) is 3.13. The number of hydrazone groups is 1. The maximum atomic E-state index is 13.5. The largest absolute Gasteiger partial charge is 0.398 e. The molecule has 0 saturated carbocycles. The van der Waals surface area contributed by atoms with Gasteiger partial charge < -0.3 is 5.73 Å². The lowest BCUT2D eigenvalue weighted by Crippen LogP contribution is -2.19. The van der Waals surface area contributed by atoms with E-state index >= 15 is 0 Å². The number of anilines is 1. The first-order chi connectivity index (χ1) is 9.59. The number of nitrogens with zero attached hydrogens (tertiary/aromatic N) is 1.